The van der Waals surface area contributed by atoms with E-state index in [1.165, 1.54) is 5.56 Å². The quantitative estimate of drug-likeness (QED) is 0.783. The van der Waals surface area contributed by atoms with Crippen LogP contribution >= 0.6 is 0 Å². The lowest BCUT2D eigenvalue weighted by atomic mass is 9.89. The number of hydrogen-bond donors (Lipinski definition) is 0. The van der Waals surface area contributed by atoms with Gasteiger partial charge >= 0.3 is 0 Å². The average molecular weight is 406 g/mol. The molecule has 2 aromatic rings. The van der Waals surface area contributed by atoms with E-state index in [0.29, 0.717) is 36.1 Å². The van der Waals surface area contributed by atoms with E-state index in [-0.39, 0.29) is 24.5 Å². The lowest BCUT2D eigenvalue weighted by Gasteiger charge is -2.42. The van der Waals surface area contributed by atoms with E-state index in [4.69, 9.17) is 9.47 Å². The second-order valence-corrected chi connectivity index (χ2v) is 8.43. The van der Waals surface area contributed by atoms with E-state index in [0.717, 1.165) is 32.4 Å². The molecular formula is C24H26N2O4. The van der Waals surface area contributed by atoms with Crippen LogP contribution in [0.15, 0.2) is 48.5 Å². The van der Waals surface area contributed by atoms with Crippen molar-refractivity contribution in [1.82, 2.24) is 9.80 Å². The van der Waals surface area contributed by atoms with Crippen molar-refractivity contribution >= 4 is 11.8 Å². The average Bonchev–Trinajstić information content (AvgIpc) is 3.21. The van der Waals surface area contributed by atoms with Crippen molar-refractivity contribution in [3.63, 3.8) is 0 Å². The van der Waals surface area contributed by atoms with Crippen LogP contribution in [0.5, 0.6) is 11.5 Å². The summed E-state index contributed by atoms with van der Waals surface area (Å²) in [5, 5.41) is 0. The number of ether oxygens (including phenoxy) is 2. The van der Waals surface area contributed by atoms with Gasteiger partial charge in [-0.3, -0.25) is 9.59 Å². The molecule has 6 nitrogen and oxygen atoms in total. The molecule has 0 N–H and O–H groups in total. The maximum atomic E-state index is 12.9. The Morgan fingerprint density at radius 3 is 2.40 bits per heavy atom. The molecule has 3 aliphatic heterocycles. The summed E-state index contributed by atoms with van der Waals surface area (Å²) >= 11 is 0. The summed E-state index contributed by atoms with van der Waals surface area (Å²) in [6.45, 7) is 2.83. The van der Waals surface area contributed by atoms with Crippen molar-refractivity contribution in [2.45, 2.75) is 19.3 Å². The first-order chi connectivity index (χ1) is 14.7. The number of nitrogens with zero attached hydrogens (tertiary/aromatic N) is 2. The van der Waals surface area contributed by atoms with Gasteiger partial charge in [0.05, 0.1) is 5.92 Å². The highest BCUT2D eigenvalue weighted by atomic mass is 16.7. The number of carbonyl (C=O) groups is 2. The summed E-state index contributed by atoms with van der Waals surface area (Å²) in [7, 11) is 0. The van der Waals surface area contributed by atoms with Crippen LogP contribution in [0.1, 0.15) is 28.8 Å². The molecule has 6 heteroatoms. The van der Waals surface area contributed by atoms with E-state index in [1.54, 1.807) is 23.1 Å². The zero-order chi connectivity index (χ0) is 20.5. The molecule has 3 heterocycles. The smallest absolute Gasteiger partial charge is 0.254 e. The van der Waals surface area contributed by atoms with Gasteiger partial charge in [0.25, 0.3) is 5.91 Å². The molecule has 0 radical (unpaired) electrons. The molecule has 0 bridgehead atoms. The summed E-state index contributed by atoms with van der Waals surface area (Å²) in [5.74, 6) is 1.98. The van der Waals surface area contributed by atoms with Gasteiger partial charge in [0, 0.05) is 31.7 Å². The first kappa shape index (κ1) is 19.0. The minimum absolute atomic E-state index is 0.0566. The number of benzene rings is 2. The van der Waals surface area contributed by atoms with Crippen LogP contribution in [0.2, 0.25) is 0 Å². The second-order valence-electron chi connectivity index (χ2n) is 8.43. The zero-order valence-electron chi connectivity index (χ0n) is 17.0. The molecule has 0 spiro atoms. The standard InChI is InChI=1S/C24H26N2O4/c27-23(19-6-7-21-22(13-19)30-16-29-21)26-14-20(15-26)24(28)25-10-8-18(9-11-25)12-17-4-2-1-3-5-17/h1-7,13,18,20H,8-12,14-16H2. The van der Waals surface area contributed by atoms with Crippen molar-refractivity contribution in [3.05, 3.63) is 59.7 Å². The van der Waals surface area contributed by atoms with Crippen molar-refractivity contribution in [3.8, 4) is 11.5 Å². The van der Waals surface area contributed by atoms with Gasteiger partial charge in [-0.15, -0.1) is 0 Å². The van der Waals surface area contributed by atoms with Gasteiger partial charge in [-0.25, -0.2) is 0 Å². The normalized spacial score (nSPS) is 18.9. The van der Waals surface area contributed by atoms with Crippen LogP contribution in [0.3, 0.4) is 0 Å². The SMILES string of the molecule is O=C(c1ccc2c(c1)OCO2)N1CC(C(=O)N2CCC(Cc3ccccc3)CC2)C1. The monoisotopic (exact) mass is 406 g/mol. The van der Waals surface area contributed by atoms with E-state index < -0.39 is 0 Å². The third-order valence-corrected chi connectivity index (χ3v) is 6.43. The lowest BCUT2D eigenvalue weighted by Crippen LogP contribution is -2.57. The molecule has 2 saturated heterocycles. The van der Waals surface area contributed by atoms with Gasteiger partial charge in [0.15, 0.2) is 11.5 Å². The van der Waals surface area contributed by atoms with Gasteiger partial charge in [-0.05, 0) is 48.9 Å². The minimum Gasteiger partial charge on any atom is -0.454 e. The van der Waals surface area contributed by atoms with Gasteiger partial charge in [-0.2, -0.15) is 0 Å². The Hall–Kier alpha value is -3.02. The highest BCUT2D eigenvalue weighted by molar-refractivity contribution is 5.96. The predicted octanol–water partition coefficient (Wildman–Crippen LogP) is 2.97. The first-order valence-corrected chi connectivity index (χ1v) is 10.7. The van der Waals surface area contributed by atoms with Crippen molar-refractivity contribution in [1.29, 1.82) is 0 Å². The topological polar surface area (TPSA) is 59.1 Å². The molecule has 2 amide bonds. The Labute approximate surface area is 176 Å². The fourth-order valence-electron chi connectivity index (χ4n) is 4.58. The van der Waals surface area contributed by atoms with Crippen LogP contribution in [-0.4, -0.2) is 54.6 Å². The third-order valence-electron chi connectivity index (χ3n) is 6.43. The molecule has 0 aromatic heterocycles. The Morgan fingerprint density at radius 1 is 0.900 bits per heavy atom. The van der Waals surface area contributed by atoms with Crippen LogP contribution in [0, 0.1) is 11.8 Å². The van der Waals surface area contributed by atoms with Crippen LogP contribution < -0.4 is 9.47 Å². The lowest BCUT2D eigenvalue weighted by molar-refractivity contribution is -0.141. The fraction of sp³-hybridized carbons (Fsp3) is 0.417. The molecule has 0 aliphatic carbocycles. The molecular weight excluding hydrogens is 380 g/mol. The Morgan fingerprint density at radius 2 is 1.63 bits per heavy atom. The fourth-order valence-corrected chi connectivity index (χ4v) is 4.58. The summed E-state index contributed by atoms with van der Waals surface area (Å²) in [4.78, 5) is 29.3. The molecule has 0 atom stereocenters. The highest BCUT2D eigenvalue weighted by Gasteiger charge is 2.39. The van der Waals surface area contributed by atoms with E-state index >= 15 is 0 Å². The molecule has 5 rings (SSSR count). The van der Waals surface area contributed by atoms with Crippen molar-refractivity contribution in [2.24, 2.45) is 11.8 Å². The highest BCUT2D eigenvalue weighted by Crippen LogP contribution is 2.33. The molecule has 3 aliphatic rings. The van der Waals surface area contributed by atoms with Gasteiger partial charge < -0.3 is 19.3 Å². The van der Waals surface area contributed by atoms with Crippen LogP contribution in [-0.2, 0) is 11.2 Å². The first-order valence-electron chi connectivity index (χ1n) is 10.7. The molecule has 30 heavy (non-hydrogen) atoms. The summed E-state index contributed by atoms with van der Waals surface area (Å²) in [6.07, 6.45) is 3.19. The maximum absolute atomic E-state index is 12.9. The number of rotatable bonds is 4. The minimum atomic E-state index is -0.0753. The van der Waals surface area contributed by atoms with Crippen molar-refractivity contribution < 1.29 is 19.1 Å². The van der Waals surface area contributed by atoms with E-state index in [1.807, 2.05) is 11.0 Å². The number of hydrogen-bond acceptors (Lipinski definition) is 4. The van der Waals surface area contributed by atoms with Crippen molar-refractivity contribution in [2.75, 3.05) is 33.0 Å². The summed E-state index contributed by atoms with van der Waals surface area (Å²) < 4.78 is 10.6. The van der Waals surface area contributed by atoms with E-state index in [9.17, 15) is 9.59 Å². The Kier molecular flexibility index (Phi) is 5.07. The number of carbonyl (C=O) groups excluding carboxylic acids is 2. The van der Waals surface area contributed by atoms with Crippen LogP contribution in [0.25, 0.3) is 0 Å². The number of likely N-dealkylation sites (tertiary alicyclic amines) is 2. The Balaban J connectivity index is 1.10. The van der Waals surface area contributed by atoms with Gasteiger partial charge in [0.2, 0.25) is 12.7 Å². The largest absolute Gasteiger partial charge is 0.454 e. The molecule has 2 fully saturated rings. The zero-order valence-corrected chi connectivity index (χ0v) is 17.0. The van der Waals surface area contributed by atoms with Gasteiger partial charge in [-0.1, -0.05) is 30.3 Å². The summed E-state index contributed by atoms with van der Waals surface area (Å²) in [6, 6.07) is 15.8. The maximum Gasteiger partial charge on any atom is 0.254 e. The second kappa shape index (κ2) is 8.01. The molecule has 0 unspecified atom stereocenters. The summed E-state index contributed by atoms with van der Waals surface area (Å²) in [5.41, 5.74) is 1.95. The molecule has 156 valence electrons. The number of piperidine rings is 1. The molecule has 0 saturated carbocycles. The van der Waals surface area contributed by atoms with E-state index in [2.05, 4.69) is 24.3 Å². The van der Waals surface area contributed by atoms with Gasteiger partial charge in [0.1, 0.15) is 0 Å². The number of amides is 2. The van der Waals surface area contributed by atoms with Crippen LogP contribution in [0.4, 0.5) is 0 Å². The number of fused-ring (bicyclic) bond motifs is 1. The Bertz CT molecular complexity index is 931. The predicted molar refractivity (Wildman–Crippen MR) is 111 cm³/mol. The molecule has 2 aromatic carbocycles. The third kappa shape index (κ3) is 3.74.